The van der Waals surface area contributed by atoms with E-state index in [1.807, 2.05) is 0 Å². The van der Waals surface area contributed by atoms with Gasteiger partial charge in [-0.1, -0.05) is 0 Å². The van der Waals surface area contributed by atoms with Crippen LogP contribution in [0.15, 0.2) is 133 Å². The third-order valence-electron chi connectivity index (χ3n) is 13.1. The van der Waals surface area contributed by atoms with E-state index in [9.17, 15) is 19.2 Å². The Bertz CT molecular complexity index is 2700. The maximum atomic E-state index is 13.7. The van der Waals surface area contributed by atoms with Gasteiger partial charge in [0.25, 0.3) is 23.6 Å². The molecule has 12 bridgehead atoms. The summed E-state index contributed by atoms with van der Waals surface area (Å²) in [5.74, 6) is 3.56. The molecule has 0 fully saturated rings. The van der Waals surface area contributed by atoms with E-state index in [2.05, 4.69) is 21.3 Å². The van der Waals surface area contributed by atoms with Gasteiger partial charge in [-0.3, -0.25) is 19.2 Å². The van der Waals surface area contributed by atoms with Crippen LogP contribution < -0.4 is 68.6 Å². The number of hydrogen-bond acceptors (Lipinski definition) is 20. The molecule has 0 aromatic heterocycles. The standard InChI is InChI=1S/C67H80N4O20/c72-64-50-44-51(65(73)69-19-25-85-55-4-12-59(13-5-55)89-41-37-79-33-29-76-28-32-78-36-40-88-58-10-2-54(3-11-58)84-24-18-68-64)47-62(46-50)82-22-1-23-83-63-48-52-45-53(49-63)67(75)71-21-27-87-57-8-16-61(17-9-57)91-43-39-81-35-31-77-30-34-80-38-42-90-60-14-6-56(7-15-60)86-26-20-70-66(52)74/h2-17,44-49H,1,18-43H2,(H,68,72)(H,69,73)(H,70,74)(H,71,75). The van der Waals surface area contributed by atoms with Gasteiger partial charge in [0.05, 0.1) is 119 Å². The van der Waals surface area contributed by atoms with E-state index in [4.69, 9.17) is 75.8 Å². The number of hydrogen-bond donors (Lipinski definition) is 4. The van der Waals surface area contributed by atoms with E-state index in [0.717, 1.165) is 0 Å². The normalized spacial score (nSPS) is 17.0. The van der Waals surface area contributed by atoms with Crippen LogP contribution in [-0.4, -0.2) is 195 Å². The van der Waals surface area contributed by atoms with Crippen molar-refractivity contribution in [3.05, 3.63) is 156 Å². The van der Waals surface area contributed by atoms with Gasteiger partial charge in [-0.05, 0) is 133 Å². The highest BCUT2D eigenvalue weighted by molar-refractivity contribution is 6.01. The molecule has 488 valence electrons. The lowest BCUT2D eigenvalue weighted by Gasteiger charge is -2.14. The van der Waals surface area contributed by atoms with Gasteiger partial charge in [0.2, 0.25) is 0 Å². The first-order chi connectivity index (χ1) is 44.8. The molecule has 6 aromatic carbocycles. The van der Waals surface area contributed by atoms with Crippen molar-refractivity contribution in [2.75, 3.05) is 172 Å². The summed E-state index contributed by atoms with van der Waals surface area (Å²) in [4.78, 5) is 54.6. The monoisotopic (exact) mass is 1260 g/mol. The quantitative estimate of drug-likeness (QED) is 0.131. The topological polar surface area (TPSA) is 264 Å². The molecule has 0 atom stereocenters. The minimum atomic E-state index is -0.461. The summed E-state index contributed by atoms with van der Waals surface area (Å²) in [7, 11) is 0. The fourth-order valence-corrected chi connectivity index (χ4v) is 8.56. The van der Waals surface area contributed by atoms with E-state index in [-0.39, 0.29) is 99.6 Å². The van der Waals surface area contributed by atoms with Crippen molar-refractivity contribution in [3.63, 3.8) is 0 Å². The second kappa shape index (κ2) is 39.9. The zero-order chi connectivity index (χ0) is 63.2. The lowest BCUT2D eigenvalue weighted by atomic mass is 10.1. The number of carbonyl (C=O) groups excluding carboxylic acids is 4. The molecule has 0 spiro atoms. The average molecular weight is 1260 g/mol. The molecule has 4 N–H and O–H groups in total. The minimum absolute atomic E-state index is 0.0948. The molecule has 0 saturated heterocycles. The molecular formula is C67H80N4O20. The Morgan fingerprint density at radius 1 is 0.253 bits per heavy atom. The molecule has 8 heterocycles. The molecule has 0 unspecified atom stereocenters. The first kappa shape index (κ1) is 67.9. The summed E-state index contributed by atoms with van der Waals surface area (Å²) in [5.41, 5.74) is 0.700. The van der Waals surface area contributed by atoms with E-state index in [1.165, 1.54) is 12.1 Å². The summed E-state index contributed by atoms with van der Waals surface area (Å²) in [5, 5.41) is 11.4. The minimum Gasteiger partial charge on any atom is -0.493 e. The van der Waals surface area contributed by atoms with E-state index < -0.39 is 23.6 Å². The first-order valence-corrected chi connectivity index (χ1v) is 30.4. The summed E-state index contributed by atoms with van der Waals surface area (Å²) in [6.07, 6.45) is 0.316. The van der Waals surface area contributed by atoms with E-state index in [1.54, 1.807) is 121 Å². The van der Waals surface area contributed by atoms with Crippen LogP contribution in [-0.2, 0) is 28.4 Å². The Morgan fingerprint density at radius 3 is 0.648 bits per heavy atom. The fraction of sp³-hybridized carbons (Fsp3) is 0.403. The zero-order valence-corrected chi connectivity index (χ0v) is 51.0. The number of rotatable bonds is 6. The Balaban J connectivity index is 0.874. The molecule has 24 heteroatoms. The predicted octanol–water partition coefficient (Wildman–Crippen LogP) is 6.41. The summed E-state index contributed by atoms with van der Waals surface area (Å²) in [6.45, 7) is 7.75. The third-order valence-corrected chi connectivity index (χ3v) is 13.1. The Labute approximate surface area is 529 Å². The average Bonchev–Trinajstić information content (AvgIpc) is 2.58. The Hall–Kier alpha value is -9.04. The number of nitrogens with one attached hydrogen (secondary N) is 4. The zero-order valence-electron chi connectivity index (χ0n) is 51.0. The fourth-order valence-electron chi connectivity index (χ4n) is 8.56. The lowest BCUT2D eigenvalue weighted by Crippen LogP contribution is -2.30. The number of ether oxygens (including phenoxy) is 16. The second-order valence-electron chi connectivity index (χ2n) is 19.9. The SMILES string of the molecule is O=C1NCCOc2ccc(cc2)OCCOCCOCCOCCOc2ccc(cc2)OCCNC(=O)c2cc(OCCCOc3cc4cc(c3)C(=O)NCCOc3ccc(cc3)OCCOCCOCCOCCOc3ccc(cc3)OCCNC4=O)cc1c2. The van der Waals surface area contributed by atoms with Crippen molar-refractivity contribution in [1.29, 1.82) is 0 Å². The third kappa shape index (κ3) is 26.1. The highest BCUT2D eigenvalue weighted by atomic mass is 16.6. The maximum absolute atomic E-state index is 13.7. The number of amides is 4. The van der Waals surface area contributed by atoms with E-state index in [0.29, 0.717) is 158 Å². The van der Waals surface area contributed by atoms with Crippen molar-refractivity contribution in [2.45, 2.75) is 6.42 Å². The predicted molar refractivity (Wildman–Crippen MR) is 332 cm³/mol. The van der Waals surface area contributed by atoms with Crippen molar-refractivity contribution in [2.24, 2.45) is 0 Å². The molecular weight excluding hydrogens is 1180 g/mol. The van der Waals surface area contributed by atoms with Crippen LogP contribution in [0.4, 0.5) is 0 Å². The summed E-state index contributed by atoms with van der Waals surface area (Å²) in [6, 6.07) is 37.5. The highest BCUT2D eigenvalue weighted by Gasteiger charge is 2.17. The number of benzene rings is 6. The maximum Gasteiger partial charge on any atom is 0.251 e. The molecule has 8 aliphatic heterocycles. The summed E-state index contributed by atoms with van der Waals surface area (Å²) < 4.78 is 92.6. The van der Waals surface area contributed by atoms with Gasteiger partial charge in [-0.2, -0.15) is 0 Å². The van der Waals surface area contributed by atoms with Gasteiger partial charge in [0, 0.05) is 28.7 Å². The second-order valence-corrected chi connectivity index (χ2v) is 19.9. The van der Waals surface area contributed by atoms with Gasteiger partial charge < -0.3 is 97.1 Å². The lowest BCUT2D eigenvalue weighted by molar-refractivity contribution is 0.00498. The van der Waals surface area contributed by atoms with Gasteiger partial charge in [-0.15, -0.1) is 0 Å². The molecule has 91 heavy (non-hydrogen) atoms. The Morgan fingerprint density at radius 2 is 0.440 bits per heavy atom. The molecule has 14 rings (SSSR count). The van der Waals surface area contributed by atoms with Crippen molar-refractivity contribution in [1.82, 2.24) is 21.3 Å². The van der Waals surface area contributed by atoms with Crippen LogP contribution in [0.25, 0.3) is 0 Å². The molecule has 8 aliphatic rings. The van der Waals surface area contributed by atoms with Crippen LogP contribution in [0.3, 0.4) is 0 Å². The summed E-state index contributed by atoms with van der Waals surface area (Å²) >= 11 is 0. The van der Waals surface area contributed by atoms with Crippen LogP contribution >= 0.6 is 0 Å². The molecule has 4 amide bonds. The van der Waals surface area contributed by atoms with Crippen molar-refractivity contribution < 1.29 is 95.0 Å². The van der Waals surface area contributed by atoms with Crippen LogP contribution in [0.5, 0.6) is 57.5 Å². The van der Waals surface area contributed by atoms with Gasteiger partial charge in [0.1, 0.15) is 110 Å². The van der Waals surface area contributed by atoms with Crippen LogP contribution in [0, 0.1) is 0 Å². The highest BCUT2D eigenvalue weighted by Crippen LogP contribution is 2.24. The van der Waals surface area contributed by atoms with Crippen LogP contribution in [0.2, 0.25) is 0 Å². The first-order valence-electron chi connectivity index (χ1n) is 30.4. The molecule has 6 aromatic rings. The van der Waals surface area contributed by atoms with E-state index >= 15 is 0 Å². The molecule has 0 radical (unpaired) electrons. The van der Waals surface area contributed by atoms with Gasteiger partial charge in [0.15, 0.2) is 0 Å². The van der Waals surface area contributed by atoms with Crippen LogP contribution in [0.1, 0.15) is 47.9 Å². The molecule has 0 saturated carbocycles. The largest absolute Gasteiger partial charge is 0.493 e. The van der Waals surface area contributed by atoms with Crippen molar-refractivity contribution in [3.8, 4) is 57.5 Å². The Kier molecular flexibility index (Phi) is 29.7. The molecule has 0 aliphatic carbocycles. The molecule has 24 nitrogen and oxygen atoms in total. The van der Waals surface area contributed by atoms with Crippen molar-refractivity contribution >= 4 is 23.6 Å². The smallest absolute Gasteiger partial charge is 0.251 e. The van der Waals surface area contributed by atoms with Gasteiger partial charge in [-0.25, -0.2) is 0 Å². The number of carbonyl (C=O) groups is 4. The van der Waals surface area contributed by atoms with Gasteiger partial charge >= 0.3 is 0 Å².